The van der Waals surface area contributed by atoms with Gasteiger partial charge in [-0.2, -0.15) is 132 Å². The first-order valence-electron chi connectivity index (χ1n) is 21.6. The molecule has 6 aromatic carbocycles. The summed E-state index contributed by atoms with van der Waals surface area (Å²) in [6.07, 6.45) is -52.9. The second-order valence-corrected chi connectivity index (χ2v) is 17.2. The highest BCUT2D eigenvalue weighted by atomic mass is 19.4. The van der Waals surface area contributed by atoms with Gasteiger partial charge in [0.25, 0.3) is 0 Å². The molecule has 0 atom stereocenters. The normalized spacial score (nSPS) is 13.3. The average molecular weight is 1160 g/mol. The number of alkyl halides is 24. The van der Waals surface area contributed by atoms with Crippen molar-refractivity contribution in [3.05, 3.63) is 200 Å². The predicted octanol–water partition coefficient (Wildman–Crippen LogP) is 14.0. The molecule has 0 fully saturated rings. The highest BCUT2D eigenvalue weighted by Gasteiger charge is 2.47. The van der Waals surface area contributed by atoms with Crippen LogP contribution in [0.15, 0.2) is 140 Å². The van der Waals surface area contributed by atoms with Crippen LogP contribution in [0.5, 0.6) is 5.88 Å². The molecule has 30 heteroatoms. The van der Waals surface area contributed by atoms with Crippen molar-refractivity contribution in [2.75, 3.05) is 6.73 Å². The van der Waals surface area contributed by atoms with Gasteiger partial charge in [0.1, 0.15) is 6.15 Å². The van der Waals surface area contributed by atoms with E-state index in [9.17, 15) is 115 Å². The smallest absolute Gasteiger partial charge is 0.378 e. The van der Waals surface area contributed by atoms with Crippen molar-refractivity contribution >= 4 is 38.8 Å². The molecule has 1 heterocycles. The zero-order valence-electron chi connectivity index (χ0n) is 38.5. The van der Waals surface area contributed by atoms with Crippen LogP contribution in [0.3, 0.4) is 0 Å². The molecule has 7 rings (SSSR count). The fourth-order valence-electron chi connectivity index (χ4n) is 8.48. The molecule has 0 amide bonds. The van der Waals surface area contributed by atoms with Crippen LogP contribution in [-0.4, -0.2) is 17.8 Å². The van der Waals surface area contributed by atoms with E-state index < -0.39 is 206 Å². The van der Waals surface area contributed by atoms with Gasteiger partial charge in [-0.05, 0) is 35.7 Å². The fraction of sp³-hybridized carbons (Fsp3) is 0.204. The van der Waals surface area contributed by atoms with Gasteiger partial charge < -0.3 is 4.74 Å². The summed E-state index contributed by atoms with van der Waals surface area (Å²) in [7, 11) is 0. The Balaban J connectivity index is 0.000000378. The zero-order chi connectivity index (χ0) is 59.3. The molecule has 0 aliphatic carbocycles. The highest BCUT2D eigenvalue weighted by molar-refractivity contribution is 7.20. The number of fused-ring (bicyclic) bond motifs is 1. The number of pyridine rings is 1. The maximum absolute atomic E-state index is 14.2. The van der Waals surface area contributed by atoms with E-state index in [2.05, 4.69) is 0 Å². The minimum Gasteiger partial charge on any atom is -0.378 e. The summed E-state index contributed by atoms with van der Waals surface area (Å²) >= 11 is 0. The third kappa shape index (κ3) is 14.0. The topological polar surface area (TPSA) is 56.3 Å². The van der Waals surface area contributed by atoms with Crippen molar-refractivity contribution in [2.45, 2.75) is 56.0 Å². The Kier molecular flexibility index (Phi) is 16.2. The van der Waals surface area contributed by atoms with Gasteiger partial charge in [0.05, 0.1) is 54.8 Å². The number of hydrogen-bond acceptors (Lipinski definition) is 3. The van der Waals surface area contributed by atoms with Crippen LogP contribution < -0.4 is 31.2 Å². The van der Waals surface area contributed by atoms with Gasteiger partial charge in [-0.1, -0.05) is 97.1 Å². The lowest BCUT2D eigenvalue weighted by Crippen LogP contribution is -2.75. The first-order valence-corrected chi connectivity index (χ1v) is 21.6. The SMILES string of the molecule is FC(F)(F)c1cc([B-](c2cc(C(F)(F)F)cc(C(F)(F)F)c2)(c2cc(C(F)(F)F)cc(C(F)(F)F)c2)c2cc(C(F)(F)F)cc(C(F)(F)F)c2)cc(C(F)(F)F)c1.O=[N+]([O-])COc1c2ccccc2cc[n+]1Cc1ccccc1. The molecule has 422 valence electrons. The lowest BCUT2D eigenvalue weighted by Gasteiger charge is -2.46. The monoisotopic (exact) mass is 1160 g/mol. The van der Waals surface area contributed by atoms with Crippen molar-refractivity contribution in [1.29, 1.82) is 0 Å². The maximum atomic E-state index is 14.2. The molecule has 0 radical (unpaired) electrons. The number of nitrogens with zero attached hydrogens (tertiary/aromatic N) is 2. The Morgan fingerprint density at radius 2 is 0.671 bits per heavy atom. The Morgan fingerprint density at radius 1 is 0.392 bits per heavy atom. The summed E-state index contributed by atoms with van der Waals surface area (Å²) in [6.45, 7) is 0.0432. The Labute approximate surface area is 426 Å². The second kappa shape index (κ2) is 21.2. The second-order valence-electron chi connectivity index (χ2n) is 17.2. The number of ether oxygens (including phenoxy) is 1. The van der Waals surface area contributed by atoms with E-state index in [0.717, 1.165) is 16.3 Å². The number of benzene rings is 6. The molecule has 0 unspecified atom stereocenters. The first-order chi connectivity index (χ1) is 36.0. The zero-order valence-corrected chi connectivity index (χ0v) is 38.5. The first kappa shape index (κ1) is 60.5. The van der Waals surface area contributed by atoms with Gasteiger partial charge in [-0.15, -0.1) is 0 Å². The lowest BCUT2D eigenvalue weighted by molar-refractivity contribution is -0.696. The van der Waals surface area contributed by atoms with Crippen LogP contribution in [-0.2, 0) is 56.0 Å². The van der Waals surface area contributed by atoms with E-state index in [0.29, 0.717) is 12.4 Å². The molecule has 1 aromatic heterocycles. The highest BCUT2D eigenvalue weighted by Crippen LogP contribution is 2.41. The minimum atomic E-state index is -6.13. The van der Waals surface area contributed by atoms with E-state index in [1.165, 1.54) is 0 Å². The van der Waals surface area contributed by atoms with Crippen molar-refractivity contribution in [2.24, 2.45) is 0 Å². The summed E-state index contributed by atoms with van der Waals surface area (Å²) in [5.74, 6) is 0.513. The number of rotatable bonds is 9. The molecular weight excluding hydrogens is 1130 g/mol. The summed E-state index contributed by atoms with van der Waals surface area (Å²) < 4.78 is 348. The largest absolute Gasteiger partial charge is 0.416 e. The summed E-state index contributed by atoms with van der Waals surface area (Å²) in [4.78, 5) is 10.2. The molecule has 79 heavy (non-hydrogen) atoms. The number of hydrogen-bond donors (Lipinski definition) is 0. The standard InChI is InChI=1S/C32H12BF24.C17H15N2O3/c34-25(35,36)13-1-14(26(37,38)39)6-21(5-13)33(22-7-15(27(40,41)42)2-16(8-22)28(43,44)45,23-9-17(29(46,47)48)3-18(10-23)30(49,50)51)24-11-19(31(52,53)54)4-20(12-24)32(55,56)57;20-19(21)13-22-17-16-9-5-4-8-15(16)10-11-18(17)12-14-6-2-1-3-7-14/h1-12H;1-11H,12-13H2/q-1;+1. The number of halogens is 24. The Bertz CT molecular complexity index is 2920. The number of aromatic nitrogens is 1. The van der Waals surface area contributed by atoms with Gasteiger partial charge in [0.15, 0.2) is 12.7 Å². The van der Waals surface area contributed by atoms with E-state index in [1.54, 1.807) is 0 Å². The van der Waals surface area contributed by atoms with Crippen LogP contribution in [0.2, 0.25) is 0 Å². The molecule has 0 aliphatic heterocycles. The molecular formula is C49H27BF24N2O3. The van der Waals surface area contributed by atoms with Crippen LogP contribution in [0, 0.1) is 10.1 Å². The molecule has 0 bridgehead atoms. The molecule has 5 nitrogen and oxygen atoms in total. The summed E-state index contributed by atoms with van der Waals surface area (Å²) in [5, 5.41) is 12.5. The maximum Gasteiger partial charge on any atom is 0.416 e. The van der Waals surface area contributed by atoms with E-state index in [-0.39, 0.29) is 0 Å². The van der Waals surface area contributed by atoms with Crippen LogP contribution >= 0.6 is 0 Å². The van der Waals surface area contributed by atoms with Gasteiger partial charge in [-0.25, -0.2) is 0 Å². The van der Waals surface area contributed by atoms with Crippen molar-refractivity contribution in [3.8, 4) is 5.88 Å². The molecule has 0 N–H and O–H groups in total. The van der Waals surface area contributed by atoms with Crippen LogP contribution in [0.1, 0.15) is 50.1 Å². The van der Waals surface area contributed by atoms with Crippen molar-refractivity contribution < 1.29 is 120 Å². The summed E-state index contributed by atoms with van der Waals surface area (Å²) in [5.41, 5.74) is -29.1. The Morgan fingerprint density at radius 3 is 0.949 bits per heavy atom. The third-order valence-corrected chi connectivity index (χ3v) is 11.8. The third-order valence-electron chi connectivity index (χ3n) is 11.8. The summed E-state index contributed by atoms with van der Waals surface area (Å²) in [6, 6.07) is 10.8. The van der Waals surface area contributed by atoms with Crippen molar-refractivity contribution in [3.63, 3.8) is 0 Å². The van der Waals surface area contributed by atoms with Crippen molar-refractivity contribution in [1.82, 2.24) is 0 Å². The van der Waals surface area contributed by atoms with Crippen LogP contribution in [0.25, 0.3) is 10.8 Å². The van der Waals surface area contributed by atoms with Crippen LogP contribution in [0.4, 0.5) is 105 Å². The van der Waals surface area contributed by atoms with E-state index in [1.807, 2.05) is 71.4 Å². The predicted molar refractivity (Wildman–Crippen MR) is 232 cm³/mol. The van der Waals surface area contributed by atoms with Gasteiger partial charge >= 0.3 is 62.0 Å². The molecule has 0 saturated heterocycles. The van der Waals surface area contributed by atoms with Gasteiger partial charge in [0, 0.05) is 11.6 Å². The van der Waals surface area contributed by atoms with Gasteiger partial charge in [0.2, 0.25) is 0 Å². The molecule has 0 spiro atoms. The molecule has 7 aromatic rings. The minimum absolute atomic E-state index is 0.478. The van der Waals surface area contributed by atoms with Gasteiger partial charge in [-0.3, -0.25) is 10.1 Å². The molecule has 0 aliphatic rings. The van der Waals surface area contributed by atoms with E-state index in [4.69, 9.17) is 4.74 Å². The number of nitro groups is 1. The quantitative estimate of drug-likeness (QED) is 0.0361. The fourth-order valence-corrected chi connectivity index (χ4v) is 8.48. The average Bonchev–Trinajstić information content (AvgIpc) is 3.35. The Hall–Kier alpha value is -7.69. The molecule has 0 saturated carbocycles. The van der Waals surface area contributed by atoms with E-state index >= 15 is 0 Å². The lowest BCUT2D eigenvalue weighted by atomic mass is 9.12.